The lowest BCUT2D eigenvalue weighted by Gasteiger charge is -2.26. The largest absolute Gasteiger partial charge is 0.310 e. The lowest BCUT2D eigenvalue weighted by atomic mass is 9.96. The Bertz CT molecular complexity index is 4000. The van der Waals surface area contributed by atoms with Gasteiger partial charge in [0.05, 0.1) is 11.0 Å². The van der Waals surface area contributed by atoms with E-state index in [1.807, 2.05) is 0 Å². The van der Waals surface area contributed by atoms with Crippen molar-refractivity contribution in [3.8, 4) is 61.3 Å². The number of benzene rings is 12. The second-order valence-corrected chi connectivity index (χ2v) is 18.1. The maximum absolute atomic E-state index is 2.42. The van der Waals surface area contributed by atoms with Gasteiger partial charge in [-0.1, -0.05) is 218 Å². The predicted molar refractivity (Wildman–Crippen MR) is 298 cm³/mol. The number of fused-ring (bicyclic) bond motifs is 6. The van der Waals surface area contributed by atoms with E-state index in [1.165, 1.54) is 93.4 Å². The topological polar surface area (TPSA) is 8.17 Å². The summed E-state index contributed by atoms with van der Waals surface area (Å²) in [5.74, 6) is 0. The maximum atomic E-state index is 2.42. The van der Waals surface area contributed by atoms with E-state index in [9.17, 15) is 0 Å². The van der Waals surface area contributed by atoms with E-state index in [-0.39, 0.29) is 0 Å². The zero-order valence-electron chi connectivity index (χ0n) is 38.5. The van der Waals surface area contributed by atoms with Crippen LogP contribution in [0.5, 0.6) is 0 Å². The van der Waals surface area contributed by atoms with Crippen molar-refractivity contribution in [3.63, 3.8) is 0 Å². The van der Waals surface area contributed by atoms with E-state index < -0.39 is 0 Å². The first-order valence-corrected chi connectivity index (χ1v) is 24.1. The molecule has 0 N–H and O–H groups in total. The molecular formula is C68H46N2. The van der Waals surface area contributed by atoms with Crippen molar-refractivity contribution < 1.29 is 0 Å². The molecule has 0 unspecified atom stereocenters. The average molecular weight is 891 g/mol. The number of anilines is 3. The van der Waals surface area contributed by atoms with Gasteiger partial charge in [-0.3, -0.25) is 0 Å². The Morgan fingerprint density at radius 2 is 0.686 bits per heavy atom. The van der Waals surface area contributed by atoms with Crippen LogP contribution >= 0.6 is 0 Å². The first-order valence-electron chi connectivity index (χ1n) is 24.1. The van der Waals surface area contributed by atoms with Gasteiger partial charge in [0.2, 0.25) is 0 Å². The third-order valence-electron chi connectivity index (χ3n) is 14.0. The zero-order valence-corrected chi connectivity index (χ0v) is 38.5. The Morgan fingerprint density at radius 3 is 1.33 bits per heavy atom. The highest BCUT2D eigenvalue weighted by Gasteiger charge is 2.20. The average Bonchev–Trinajstić information content (AvgIpc) is 3.79. The second-order valence-electron chi connectivity index (χ2n) is 18.1. The van der Waals surface area contributed by atoms with Crippen LogP contribution in [0.1, 0.15) is 0 Å². The molecule has 0 fully saturated rings. The summed E-state index contributed by atoms with van der Waals surface area (Å²) in [4.78, 5) is 2.39. The minimum Gasteiger partial charge on any atom is -0.310 e. The van der Waals surface area contributed by atoms with Gasteiger partial charge in [-0.2, -0.15) is 0 Å². The summed E-state index contributed by atoms with van der Waals surface area (Å²) >= 11 is 0. The molecule has 2 nitrogen and oxygen atoms in total. The molecule has 328 valence electrons. The molecule has 0 atom stereocenters. The summed E-state index contributed by atoms with van der Waals surface area (Å²) in [6.07, 6.45) is 0. The van der Waals surface area contributed by atoms with Crippen molar-refractivity contribution in [2.75, 3.05) is 4.90 Å². The fourth-order valence-electron chi connectivity index (χ4n) is 10.6. The minimum absolute atomic E-state index is 1.08. The van der Waals surface area contributed by atoms with Gasteiger partial charge in [-0.25, -0.2) is 0 Å². The number of hydrogen-bond acceptors (Lipinski definition) is 1. The zero-order chi connectivity index (χ0) is 46.4. The van der Waals surface area contributed by atoms with Gasteiger partial charge in [-0.05, 0) is 138 Å². The molecule has 0 aliphatic carbocycles. The highest BCUT2D eigenvalue weighted by atomic mass is 15.1. The van der Waals surface area contributed by atoms with Crippen LogP contribution in [0.15, 0.2) is 279 Å². The monoisotopic (exact) mass is 890 g/mol. The molecule has 0 aliphatic heterocycles. The van der Waals surface area contributed by atoms with E-state index in [0.717, 1.165) is 28.3 Å². The van der Waals surface area contributed by atoms with Crippen molar-refractivity contribution in [3.05, 3.63) is 279 Å². The molecule has 0 spiro atoms. The van der Waals surface area contributed by atoms with Crippen LogP contribution in [0.25, 0.3) is 105 Å². The van der Waals surface area contributed by atoms with E-state index in [1.54, 1.807) is 0 Å². The van der Waals surface area contributed by atoms with Crippen molar-refractivity contribution in [2.24, 2.45) is 0 Å². The van der Waals surface area contributed by atoms with Crippen molar-refractivity contribution >= 4 is 60.4 Å². The number of para-hydroxylation sites is 1. The molecule has 0 bridgehead atoms. The minimum atomic E-state index is 1.08. The summed E-state index contributed by atoms with van der Waals surface area (Å²) in [5.41, 5.74) is 18.7. The summed E-state index contributed by atoms with van der Waals surface area (Å²) in [6.45, 7) is 0. The maximum Gasteiger partial charge on any atom is 0.0547 e. The highest BCUT2D eigenvalue weighted by Crippen LogP contribution is 2.44. The lowest BCUT2D eigenvalue weighted by molar-refractivity contribution is 1.18. The summed E-state index contributed by atoms with van der Waals surface area (Å²) < 4.78 is 2.42. The number of hydrogen-bond donors (Lipinski definition) is 0. The van der Waals surface area contributed by atoms with E-state index in [2.05, 4.69) is 289 Å². The Kier molecular flexibility index (Phi) is 10.2. The standard InChI is InChI=1S/C68H46N2/c1-3-14-47(15-4-1)48-28-30-49(31-29-48)51-36-41-58(42-37-51)69(59-43-38-52(39-44-59)50-32-34-55(35-33-50)62-25-12-18-53-16-7-9-23-61(53)62)60-22-11-19-56(46-60)64-26-13-27-65-68(64)67-63-24-10-8-17-54(63)40-45-66(67)70(65)57-20-5-2-6-21-57/h1-46H. The lowest BCUT2D eigenvalue weighted by Crippen LogP contribution is -2.10. The quantitative estimate of drug-likeness (QED) is 0.140. The van der Waals surface area contributed by atoms with Gasteiger partial charge in [0, 0.05) is 33.5 Å². The summed E-state index contributed by atoms with van der Waals surface area (Å²) in [7, 11) is 0. The normalized spacial score (nSPS) is 11.4. The van der Waals surface area contributed by atoms with E-state index >= 15 is 0 Å². The Balaban J connectivity index is 0.915. The molecule has 0 saturated carbocycles. The van der Waals surface area contributed by atoms with Crippen LogP contribution in [0.2, 0.25) is 0 Å². The fraction of sp³-hybridized carbons (Fsp3) is 0. The number of nitrogens with zero attached hydrogens (tertiary/aromatic N) is 2. The first-order chi connectivity index (χ1) is 34.7. The van der Waals surface area contributed by atoms with Gasteiger partial charge in [0.15, 0.2) is 0 Å². The molecular weight excluding hydrogens is 845 g/mol. The Hall–Kier alpha value is -9.24. The molecule has 0 aliphatic rings. The highest BCUT2D eigenvalue weighted by molar-refractivity contribution is 6.25. The summed E-state index contributed by atoms with van der Waals surface area (Å²) in [6, 6.07) is 102. The van der Waals surface area contributed by atoms with Crippen LogP contribution in [-0.4, -0.2) is 4.57 Å². The van der Waals surface area contributed by atoms with Gasteiger partial charge in [0.1, 0.15) is 0 Å². The SMILES string of the molecule is c1ccc(-c2ccc(-c3ccc(N(c4ccc(-c5ccc(-c6cccc7ccccc67)cc5)cc4)c4cccc(-c5cccc6c5c5c7ccccc7ccc5n6-c5ccccc5)c4)cc3)cc2)cc1. The fourth-order valence-corrected chi connectivity index (χ4v) is 10.6. The molecule has 13 aromatic rings. The molecule has 13 rings (SSSR count). The van der Waals surface area contributed by atoms with Crippen LogP contribution < -0.4 is 4.90 Å². The van der Waals surface area contributed by atoms with Gasteiger partial charge < -0.3 is 9.47 Å². The van der Waals surface area contributed by atoms with Crippen molar-refractivity contribution in [1.82, 2.24) is 4.57 Å². The van der Waals surface area contributed by atoms with Gasteiger partial charge in [-0.15, -0.1) is 0 Å². The molecule has 0 saturated heterocycles. The van der Waals surface area contributed by atoms with Crippen LogP contribution in [0.3, 0.4) is 0 Å². The molecule has 1 heterocycles. The molecule has 0 amide bonds. The van der Waals surface area contributed by atoms with Gasteiger partial charge in [0.25, 0.3) is 0 Å². The van der Waals surface area contributed by atoms with Gasteiger partial charge >= 0.3 is 0 Å². The molecule has 0 radical (unpaired) electrons. The Labute approximate surface area is 408 Å². The molecule has 70 heavy (non-hydrogen) atoms. The number of rotatable bonds is 9. The Morgan fingerprint density at radius 1 is 0.243 bits per heavy atom. The second kappa shape index (κ2) is 17.4. The third kappa shape index (κ3) is 7.31. The predicted octanol–water partition coefficient (Wildman–Crippen LogP) is 18.9. The van der Waals surface area contributed by atoms with Crippen LogP contribution in [0.4, 0.5) is 17.1 Å². The van der Waals surface area contributed by atoms with Crippen molar-refractivity contribution in [2.45, 2.75) is 0 Å². The van der Waals surface area contributed by atoms with E-state index in [4.69, 9.17) is 0 Å². The summed E-state index contributed by atoms with van der Waals surface area (Å²) in [5, 5.41) is 7.52. The smallest absolute Gasteiger partial charge is 0.0547 e. The van der Waals surface area contributed by atoms with Crippen LogP contribution in [-0.2, 0) is 0 Å². The molecule has 12 aromatic carbocycles. The van der Waals surface area contributed by atoms with E-state index in [0.29, 0.717) is 0 Å². The number of aromatic nitrogens is 1. The third-order valence-corrected chi connectivity index (χ3v) is 14.0. The first kappa shape index (κ1) is 41.0. The van der Waals surface area contributed by atoms with Crippen LogP contribution in [0, 0.1) is 0 Å². The molecule has 1 aromatic heterocycles. The molecule has 2 heteroatoms. The van der Waals surface area contributed by atoms with Crippen molar-refractivity contribution in [1.29, 1.82) is 0 Å².